The summed E-state index contributed by atoms with van der Waals surface area (Å²) in [5.74, 6) is -0.869. The van der Waals surface area contributed by atoms with Crippen LogP contribution in [-0.2, 0) is 0 Å². The number of carbonyl (C=O) groups excluding carboxylic acids is 1. The van der Waals surface area contributed by atoms with Crippen molar-refractivity contribution < 1.29 is 15.0 Å². The third-order valence-electron chi connectivity index (χ3n) is 2.47. The molecule has 0 aromatic heterocycles. The largest absolute Gasteiger partial charge is 0.504 e. The van der Waals surface area contributed by atoms with Crippen molar-refractivity contribution in [3.63, 3.8) is 0 Å². The highest BCUT2D eigenvalue weighted by molar-refractivity contribution is 6.30. The Balaban J connectivity index is 2.02. The Labute approximate surface area is 120 Å². The number of halogens is 1. The van der Waals surface area contributed by atoms with E-state index in [1.165, 1.54) is 24.4 Å². The number of nitrogens with zero attached hydrogens (tertiary/aromatic N) is 1. The molecule has 0 heterocycles. The summed E-state index contributed by atoms with van der Waals surface area (Å²) in [4.78, 5) is 11.7. The number of amides is 1. The lowest BCUT2D eigenvalue weighted by molar-refractivity contribution is 0.0955. The van der Waals surface area contributed by atoms with Crippen molar-refractivity contribution in [3.05, 3.63) is 58.6 Å². The Morgan fingerprint density at radius 1 is 1.15 bits per heavy atom. The summed E-state index contributed by atoms with van der Waals surface area (Å²) in [5, 5.41) is 22.7. The lowest BCUT2D eigenvalue weighted by Gasteiger charge is -2.01. The number of aromatic hydroxyl groups is 2. The van der Waals surface area contributed by atoms with E-state index in [2.05, 4.69) is 10.5 Å². The fraction of sp³-hybridized carbons (Fsp3) is 0. The molecule has 102 valence electrons. The summed E-state index contributed by atoms with van der Waals surface area (Å²) >= 11 is 5.78. The molecule has 0 radical (unpaired) electrons. The zero-order chi connectivity index (χ0) is 14.5. The maximum atomic E-state index is 11.7. The van der Waals surface area contributed by atoms with Gasteiger partial charge in [0.25, 0.3) is 5.91 Å². The monoisotopic (exact) mass is 290 g/mol. The zero-order valence-electron chi connectivity index (χ0n) is 10.2. The predicted molar refractivity (Wildman–Crippen MR) is 76.3 cm³/mol. The maximum Gasteiger partial charge on any atom is 0.271 e. The van der Waals surface area contributed by atoms with Crippen LogP contribution in [0.25, 0.3) is 0 Å². The van der Waals surface area contributed by atoms with E-state index in [1.54, 1.807) is 24.3 Å². The second kappa shape index (κ2) is 6.08. The first-order valence-corrected chi connectivity index (χ1v) is 6.05. The molecular formula is C14H11ClN2O3. The van der Waals surface area contributed by atoms with Crippen molar-refractivity contribution in [2.45, 2.75) is 0 Å². The second-order valence-corrected chi connectivity index (χ2v) is 4.39. The lowest BCUT2D eigenvalue weighted by Crippen LogP contribution is -2.17. The number of rotatable bonds is 3. The van der Waals surface area contributed by atoms with Crippen LogP contribution in [-0.4, -0.2) is 22.3 Å². The minimum Gasteiger partial charge on any atom is -0.504 e. The summed E-state index contributed by atoms with van der Waals surface area (Å²) in [6.07, 6.45) is 1.35. The van der Waals surface area contributed by atoms with Crippen LogP contribution in [0.5, 0.6) is 11.5 Å². The molecule has 0 unspecified atom stereocenters. The third-order valence-corrected chi connectivity index (χ3v) is 2.70. The summed E-state index contributed by atoms with van der Waals surface area (Å²) in [7, 11) is 0. The third kappa shape index (κ3) is 3.49. The smallest absolute Gasteiger partial charge is 0.271 e. The van der Waals surface area contributed by atoms with Crippen LogP contribution in [0, 0.1) is 0 Å². The number of hydrazone groups is 1. The van der Waals surface area contributed by atoms with Crippen LogP contribution in [0.15, 0.2) is 47.6 Å². The molecule has 5 nitrogen and oxygen atoms in total. The molecule has 0 fully saturated rings. The Morgan fingerprint density at radius 2 is 1.95 bits per heavy atom. The normalized spacial score (nSPS) is 10.7. The van der Waals surface area contributed by atoms with Gasteiger partial charge in [-0.2, -0.15) is 5.10 Å². The van der Waals surface area contributed by atoms with E-state index < -0.39 is 5.91 Å². The molecule has 0 aliphatic heterocycles. The number of hydrogen-bond donors (Lipinski definition) is 3. The van der Waals surface area contributed by atoms with E-state index in [4.69, 9.17) is 16.7 Å². The van der Waals surface area contributed by atoms with Crippen molar-refractivity contribution in [2.24, 2.45) is 5.10 Å². The number of nitrogens with one attached hydrogen (secondary N) is 1. The fourth-order valence-electron chi connectivity index (χ4n) is 1.48. The van der Waals surface area contributed by atoms with Crippen LogP contribution < -0.4 is 5.43 Å². The zero-order valence-corrected chi connectivity index (χ0v) is 11.0. The summed E-state index contributed by atoms with van der Waals surface area (Å²) < 4.78 is 0. The van der Waals surface area contributed by atoms with Crippen LogP contribution >= 0.6 is 11.6 Å². The van der Waals surface area contributed by atoms with Gasteiger partial charge in [0, 0.05) is 10.6 Å². The van der Waals surface area contributed by atoms with Gasteiger partial charge in [-0.05, 0) is 42.0 Å². The Kier molecular flexibility index (Phi) is 4.22. The number of benzene rings is 2. The summed E-state index contributed by atoms with van der Waals surface area (Å²) in [6, 6.07) is 10.7. The molecule has 3 N–H and O–H groups in total. The van der Waals surface area contributed by atoms with Gasteiger partial charge in [-0.3, -0.25) is 4.79 Å². The van der Waals surface area contributed by atoms with Crippen LogP contribution in [0.1, 0.15) is 15.9 Å². The van der Waals surface area contributed by atoms with E-state index in [9.17, 15) is 9.90 Å². The molecule has 0 aliphatic carbocycles. The molecule has 0 saturated carbocycles. The van der Waals surface area contributed by atoms with Gasteiger partial charge >= 0.3 is 0 Å². The standard InChI is InChI=1S/C14H11ClN2O3/c15-11-3-1-2-10(7-11)14(20)17-16-8-9-4-5-12(18)13(19)6-9/h1-8,18-19H,(H,17,20)/b16-8-. The minimum atomic E-state index is -0.397. The Hall–Kier alpha value is -2.53. The topological polar surface area (TPSA) is 81.9 Å². The van der Waals surface area contributed by atoms with Crippen molar-refractivity contribution in [2.75, 3.05) is 0 Å². The predicted octanol–water partition coefficient (Wildman–Crippen LogP) is 2.52. The van der Waals surface area contributed by atoms with E-state index in [0.717, 1.165) is 0 Å². The first-order chi connectivity index (χ1) is 9.56. The molecule has 0 atom stereocenters. The molecule has 6 heteroatoms. The molecule has 1 amide bonds. The van der Waals surface area contributed by atoms with E-state index in [-0.39, 0.29) is 11.5 Å². The molecule has 2 aromatic carbocycles. The lowest BCUT2D eigenvalue weighted by atomic mass is 10.2. The van der Waals surface area contributed by atoms with Crippen molar-refractivity contribution in [1.82, 2.24) is 5.43 Å². The maximum absolute atomic E-state index is 11.7. The molecule has 2 aromatic rings. The van der Waals surface area contributed by atoms with Gasteiger partial charge in [0.1, 0.15) is 0 Å². The molecule has 0 spiro atoms. The van der Waals surface area contributed by atoms with Gasteiger partial charge in [0.05, 0.1) is 6.21 Å². The van der Waals surface area contributed by atoms with Gasteiger partial charge in [-0.15, -0.1) is 0 Å². The Morgan fingerprint density at radius 3 is 2.65 bits per heavy atom. The molecule has 2 rings (SSSR count). The van der Waals surface area contributed by atoms with E-state index >= 15 is 0 Å². The quantitative estimate of drug-likeness (QED) is 0.461. The highest BCUT2D eigenvalue weighted by atomic mass is 35.5. The second-order valence-electron chi connectivity index (χ2n) is 3.96. The number of carbonyl (C=O) groups is 1. The summed E-state index contributed by atoms with van der Waals surface area (Å²) in [5.41, 5.74) is 3.26. The molecule has 0 bridgehead atoms. The van der Waals surface area contributed by atoms with E-state index in [0.29, 0.717) is 16.1 Å². The highest BCUT2D eigenvalue weighted by Gasteiger charge is 2.04. The van der Waals surface area contributed by atoms with Gasteiger partial charge in [0.15, 0.2) is 11.5 Å². The molecule has 20 heavy (non-hydrogen) atoms. The van der Waals surface area contributed by atoms with Crippen molar-refractivity contribution in [3.8, 4) is 11.5 Å². The van der Waals surface area contributed by atoms with Crippen molar-refractivity contribution in [1.29, 1.82) is 0 Å². The van der Waals surface area contributed by atoms with Crippen LogP contribution in [0.3, 0.4) is 0 Å². The van der Waals surface area contributed by atoms with Crippen molar-refractivity contribution >= 4 is 23.7 Å². The number of phenols is 2. The Bertz CT molecular complexity index is 671. The minimum absolute atomic E-state index is 0.217. The number of hydrogen-bond acceptors (Lipinski definition) is 4. The SMILES string of the molecule is O=C(N/N=C\c1ccc(O)c(O)c1)c1cccc(Cl)c1. The summed E-state index contributed by atoms with van der Waals surface area (Å²) in [6.45, 7) is 0. The van der Waals surface area contributed by atoms with Gasteiger partial charge in [-0.25, -0.2) is 5.43 Å². The van der Waals surface area contributed by atoms with Crippen LogP contribution in [0.4, 0.5) is 0 Å². The molecule has 0 aliphatic rings. The van der Waals surface area contributed by atoms with Gasteiger partial charge in [0.2, 0.25) is 0 Å². The molecule has 0 saturated heterocycles. The first-order valence-electron chi connectivity index (χ1n) is 5.67. The van der Waals surface area contributed by atoms with E-state index in [1.807, 2.05) is 0 Å². The van der Waals surface area contributed by atoms with Gasteiger partial charge < -0.3 is 10.2 Å². The number of phenolic OH excluding ortho intramolecular Hbond substituents is 2. The fourth-order valence-corrected chi connectivity index (χ4v) is 1.67. The average Bonchev–Trinajstić information content (AvgIpc) is 2.42. The van der Waals surface area contributed by atoms with Gasteiger partial charge in [-0.1, -0.05) is 17.7 Å². The van der Waals surface area contributed by atoms with Crippen LogP contribution in [0.2, 0.25) is 5.02 Å². The average molecular weight is 291 g/mol. The molecular weight excluding hydrogens is 280 g/mol. The first kappa shape index (κ1) is 13.9. The highest BCUT2D eigenvalue weighted by Crippen LogP contribution is 2.23.